The molecule has 17 heavy (non-hydrogen) atoms. The Balaban J connectivity index is 2.15. The van der Waals surface area contributed by atoms with E-state index in [0.717, 1.165) is 5.56 Å². The fourth-order valence-corrected chi connectivity index (χ4v) is 2.81. The summed E-state index contributed by atoms with van der Waals surface area (Å²) in [5.74, 6) is 0. The van der Waals surface area contributed by atoms with Crippen LogP contribution in [0, 0.1) is 0 Å². The van der Waals surface area contributed by atoms with E-state index in [2.05, 4.69) is 4.98 Å². The Labute approximate surface area is 118 Å². The second-order valence-electron chi connectivity index (χ2n) is 3.46. The molecule has 6 heteroatoms. The summed E-state index contributed by atoms with van der Waals surface area (Å²) >= 11 is 18.8. The minimum atomic E-state index is -0.703. The van der Waals surface area contributed by atoms with Crippen molar-refractivity contribution in [1.82, 2.24) is 4.98 Å². The first-order chi connectivity index (χ1) is 8.06. The lowest BCUT2D eigenvalue weighted by molar-refractivity contribution is 0.178. The molecule has 2 aromatic rings. The summed E-state index contributed by atoms with van der Waals surface area (Å²) in [7, 11) is 0. The van der Waals surface area contributed by atoms with Crippen molar-refractivity contribution < 1.29 is 5.11 Å². The van der Waals surface area contributed by atoms with E-state index in [9.17, 15) is 5.11 Å². The number of aromatic nitrogens is 1. The predicted octanol–water partition coefficient (Wildman–Crippen LogP) is 4.38. The molecule has 0 aliphatic carbocycles. The average molecular weight is 309 g/mol. The lowest BCUT2D eigenvalue weighted by Gasteiger charge is -2.09. The molecule has 1 atom stereocenters. The molecule has 1 unspecified atom stereocenters. The Hall–Kier alpha value is -0.320. The van der Waals surface area contributed by atoms with Gasteiger partial charge in [-0.2, -0.15) is 0 Å². The van der Waals surface area contributed by atoms with E-state index >= 15 is 0 Å². The van der Waals surface area contributed by atoms with Gasteiger partial charge in [0.25, 0.3) is 0 Å². The highest BCUT2D eigenvalue weighted by Gasteiger charge is 2.14. The highest BCUT2D eigenvalue weighted by molar-refractivity contribution is 7.15. The third-order valence-corrected chi connectivity index (χ3v) is 4.01. The second kappa shape index (κ2) is 5.55. The first-order valence-corrected chi connectivity index (χ1v) is 6.74. The molecule has 1 heterocycles. The van der Waals surface area contributed by atoms with Crippen molar-refractivity contribution in [3.63, 3.8) is 0 Å². The first-order valence-electron chi connectivity index (χ1n) is 4.79. The molecular formula is C11H8Cl3NOS. The Kier molecular flexibility index (Phi) is 4.28. The zero-order valence-electron chi connectivity index (χ0n) is 8.53. The van der Waals surface area contributed by atoms with Crippen LogP contribution in [0.25, 0.3) is 0 Å². The van der Waals surface area contributed by atoms with Crippen LogP contribution >= 0.6 is 46.1 Å². The van der Waals surface area contributed by atoms with Gasteiger partial charge in [0.15, 0.2) is 0 Å². The van der Waals surface area contributed by atoms with E-state index in [4.69, 9.17) is 34.8 Å². The molecule has 2 nitrogen and oxygen atoms in total. The molecule has 0 spiro atoms. The van der Waals surface area contributed by atoms with Gasteiger partial charge in [0, 0.05) is 16.5 Å². The van der Waals surface area contributed by atoms with Crippen LogP contribution in [0.2, 0.25) is 14.4 Å². The summed E-state index contributed by atoms with van der Waals surface area (Å²) in [6, 6.07) is 5.19. The number of rotatable bonds is 3. The number of benzene rings is 1. The van der Waals surface area contributed by atoms with Crippen LogP contribution in [-0.2, 0) is 6.42 Å². The standard InChI is InChI=1S/C11H8Cl3NOS/c12-7-2-1-6(8(13)4-7)3-9(16)11-15-5-10(14)17-11/h1-2,4-5,9,16H,3H2. The van der Waals surface area contributed by atoms with Gasteiger partial charge in [-0.15, -0.1) is 11.3 Å². The fraction of sp³-hybridized carbons (Fsp3) is 0.182. The maximum Gasteiger partial charge on any atom is 0.123 e. The normalized spacial score (nSPS) is 12.7. The molecule has 0 amide bonds. The number of hydrogen-bond acceptors (Lipinski definition) is 3. The SMILES string of the molecule is OC(Cc1ccc(Cl)cc1Cl)c1ncc(Cl)s1. The molecule has 0 aliphatic rings. The molecule has 0 saturated carbocycles. The molecular weight excluding hydrogens is 301 g/mol. The molecule has 0 aliphatic heterocycles. The van der Waals surface area contributed by atoms with E-state index in [1.807, 2.05) is 0 Å². The van der Waals surface area contributed by atoms with Crippen LogP contribution in [0.5, 0.6) is 0 Å². The Bertz CT molecular complexity index is 529. The molecule has 1 aromatic heterocycles. The van der Waals surface area contributed by atoms with Gasteiger partial charge in [-0.05, 0) is 17.7 Å². The first kappa shape index (κ1) is 13.1. The monoisotopic (exact) mass is 307 g/mol. The molecule has 0 radical (unpaired) electrons. The van der Waals surface area contributed by atoms with Crippen LogP contribution < -0.4 is 0 Å². The average Bonchev–Trinajstić information content (AvgIpc) is 2.69. The van der Waals surface area contributed by atoms with Gasteiger partial charge in [-0.25, -0.2) is 4.98 Å². The summed E-state index contributed by atoms with van der Waals surface area (Å²) in [6.07, 6.45) is 1.21. The zero-order valence-corrected chi connectivity index (χ0v) is 11.6. The van der Waals surface area contributed by atoms with Crippen molar-refractivity contribution in [2.45, 2.75) is 12.5 Å². The van der Waals surface area contributed by atoms with Crippen LogP contribution in [0.15, 0.2) is 24.4 Å². The Morgan fingerprint density at radius 3 is 2.65 bits per heavy atom. The highest BCUT2D eigenvalue weighted by atomic mass is 35.5. The Morgan fingerprint density at radius 2 is 2.06 bits per heavy atom. The van der Waals surface area contributed by atoms with Gasteiger partial charge in [0.1, 0.15) is 15.4 Å². The molecule has 0 saturated heterocycles. The summed E-state index contributed by atoms with van der Waals surface area (Å²) < 4.78 is 0.557. The van der Waals surface area contributed by atoms with Gasteiger partial charge >= 0.3 is 0 Å². The number of aliphatic hydroxyl groups excluding tert-OH is 1. The minimum absolute atomic E-state index is 0.389. The number of aliphatic hydroxyl groups is 1. The smallest absolute Gasteiger partial charge is 0.123 e. The topological polar surface area (TPSA) is 33.1 Å². The summed E-state index contributed by atoms with van der Waals surface area (Å²) in [4.78, 5) is 4.03. The van der Waals surface area contributed by atoms with Gasteiger partial charge in [0.05, 0.1) is 6.20 Å². The molecule has 1 aromatic carbocycles. The molecule has 1 N–H and O–H groups in total. The van der Waals surface area contributed by atoms with E-state index in [1.54, 1.807) is 18.2 Å². The Morgan fingerprint density at radius 1 is 1.29 bits per heavy atom. The molecule has 0 bridgehead atoms. The summed E-state index contributed by atoms with van der Waals surface area (Å²) in [6.45, 7) is 0. The van der Waals surface area contributed by atoms with E-state index in [1.165, 1.54) is 17.5 Å². The number of nitrogens with zero attached hydrogens (tertiary/aromatic N) is 1. The lowest BCUT2D eigenvalue weighted by atomic mass is 10.1. The van der Waals surface area contributed by atoms with Crippen molar-refractivity contribution in [2.75, 3.05) is 0 Å². The zero-order chi connectivity index (χ0) is 12.4. The van der Waals surface area contributed by atoms with Crippen LogP contribution in [0.1, 0.15) is 16.7 Å². The fourth-order valence-electron chi connectivity index (χ4n) is 1.40. The van der Waals surface area contributed by atoms with Gasteiger partial charge in [-0.3, -0.25) is 0 Å². The number of hydrogen-bond donors (Lipinski definition) is 1. The largest absolute Gasteiger partial charge is 0.386 e. The maximum absolute atomic E-state index is 9.98. The van der Waals surface area contributed by atoms with Crippen molar-refractivity contribution >= 4 is 46.1 Å². The molecule has 90 valence electrons. The van der Waals surface area contributed by atoms with E-state index in [0.29, 0.717) is 25.8 Å². The highest BCUT2D eigenvalue weighted by Crippen LogP contribution is 2.29. The van der Waals surface area contributed by atoms with E-state index < -0.39 is 6.10 Å². The van der Waals surface area contributed by atoms with Gasteiger partial charge < -0.3 is 5.11 Å². The number of thiazole rings is 1. The van der Waals surface area contributed by atoms with E-state index in [-0.39, 0.29) is 0 Å². The van der Waals surface area contributed by atoms with Crippen molar-refractivity contribution in [2.24, 2.45) is 0 Å². The minimum Gasteiger partial charge on any atom is -0.386 e. The van der Waals surface area contributed by atoms with Crippen molar-refractivity contribution in [3.05, 3.63) is 49.3 Å². The molecule has 0 fully saturated rings. The van der Waals surface area contributed by atoms with Crippen LogP contribution in [0.4, 0.5) is 0 Å². The van der Waals surface area contributed by atoms with Gasteiger partial charge in [0.2, 0.25) is 0 Å². The third kappa shape index (κ3) is 3.33. The number of halogens is 3. The second-order valence-corrected chi connectivity index (χ2v) is 6.00. The van der Waals surface area contributed by atoms with Crippen molar-refractivity contribution in [3.8, 4) is 0 Å². The van der Waals surface area contributed by atoms with Crippen LogP contribution in [0.3, 0.4) is 0 Å². The van der Waals surface area contributed by atoms with Gasteiger partial charge in [-0.1, -0.05) is 40.9 Å². The molecule has 2 rings (SSSR count). The quantitative estimate of drug-likeness (QED) is 0.913. The third-order valence-electron chi connectivity index (χ3n) is 2.21. The summed E-state index contributed by atoms with van der Waals surface area (Å²) in [5, 5.41) is 11.7. The van der Waals surface area contributed by atoms with Crippen LogP contribution in [-0.4, -0.2) is 10.1 Å². The lowest BCUT2D eigenvalue weighted by Crippen LogP contribution is -2.01. The van der Waals surface area contributed by atoms with Crippen molar-refractivity contribution in [1.29, 1.82) is 0 Å². The summed E-state index contributed by atoms with van der Waals surface area (Å²) in [5.41, 5.74) is 0.829. The predicted molar refractivity (Wildman–Crippen MR) is 72.2 cm³/mol. The maximum atomic E-state index is 9.98.